The van der Waals surface area contributed by atoms with Gasteiger partial charge >= 0.3 is 0 Å². The first kappa shape index (κ1) is 15.7. The van der Waals surface area contributed by atoms with E-state index >= 15 is 0 Å². The smallest absolute Gasteiger partial charge is 0.277 e. The zero-order valence-electron chi connectivity index (χ0n) is 12.5. The molecule has 0 spiro atoms. The number of nitrogens with zero attached hydrogens (tertiary/aromatic N) is 3. The molecule has 20 heavy (non-hydrogen) atoms. The van der Waals surface area contributed by atoms with Crippen LogP contribution in [0.25, 0.3) is 0 Å². The van der Waals surface area contributed by atoms with E-state index in [1.807, 2.05) is 19.9 Å². The second-order valence-corrected chi connectivity index (χ2v) is 5.59. The molecule has 0 saturated heterocycles. The third-order valence-electron chi connectivity index (χ3n) is 3.12. The Labute approximate surface area is 119 Å². The molecule has 0 atom stereocenters. The van der Waals surface area contributed by atoms with Crippen LogP contribution in [0, 0.1) is 25.3 Å². The summed E-state index contributed by atoms with van der Waals surface area (Å²) in [6.45, 7) is 8.97. The summed E-state index contributed by atoms with van der Waals surface area (Å²) in [6, 6.07) is 5.30. The molecule has 0 saturated carbocycles. The third-order valence-corrected chi connectivity index (χ3v) is 3.12. The van der Waals surface area contributed by atoms with Gasteiger partial charge in [-0.2, -0.15) is 5.26 Å². The highest BCUT2D eigenvalue weighted by Gasteiger charge is 2.31. The summed E-state index contributed by atoms with van der Waals surface area (Å²) in [5.41, 5.74) is 1.52. The molecule has 1 rings (SSSR count). The van der Waals surface area contributed by atoms with Crippen LogP contribution in [0.5, 0.6) is 0 Å². The van der Waals surface area contributed by atoms with E-state index < -0.39 is 11.4 Å². The first-order chi connectivity index (χ1) is 9.23. The average Bonchev–Trinajstić information content (AvgIpc) is 2.36. The highest BCUT2D eigenvalue weighted by molar-refractivity contribution is 5.97. The van der Waals surface area contributed by atoms with Crippen LogP contribution in [0.2, 0.25) is 0 Å². The number of hydrogen-bond acceptors (Lipinski definition) is 3. The molecule has 1 aromatic carbocycles. The summed E-state index contributed by atoms with van der Waals surface area (Å²) in [7, 11) is 0. The standard InChI is InChI=1S/C15H19N3O2/c1-11-7-6-8-13(12(11)2)14(20)17(9-16)18(10-19)15(3,4)5/h6-8,10H,1-5H3. The Bertz CT molecular complexity index is 567. The largest absolute Gasteiger partial charge is 0.286 e. The fraction of sp³-hybridized carbons (Fsp3) is 0.400. The predicted octanol–water partition coefficient (Wildman–Crippen LogP) is 2.40. The van der Waals surface area contributed by atoms with Gasteiger partial charge in [0.2, 0.25) is 12.6 Å². The second-order valence-electron chi connectivity index (χ2n) is 5.59. The molecule has 0 aliphatic heterocycles. The Balaban J connectivity index is 3.26. The van der Waals surface area contributed by atoms with E-state index in [2.05, 4.69) is 0 Å². The average molecular weight is 273 g/mol. The maximum Gasteiger partial charge on any atom is 0.286 e. The van der Waals surface area contributed by atoms with Crippen LogP contribution in [-0.2, 0) is 4.79 Å². The summed E-state index contributed by atoms with van der Waals surface area (Å²) in [4.78, 5) is 23.7. The molecule has 5 nitrogen and oxygen atoms in total. The Hall–Kier alpha value is -2.35. The van der Waals surface area contributed by atoms with E-state index in [1.165, 1.54) is 0 Å². The lowest BCUT2D eigenvalue weighted by molar-refractivity contribution is -0.135. The minimum atomic E-state index is -0.662. The molecule has 2 amide bonds. The minimum absolute atomic E-state index is 0.419. The summed E-state index contributed by atoms with van der Waals surface area (Å²) in [6.07, 6.45) is 2.28. The SMILES string of the molecule is Cc1cccc(C(=O)N(C#N)N(C=O)C(C)(C)C)c1C. The lowest BCUT2D eigenvalue weighted by atomic mass is 10.0. The number of amides is 2. The van der Waals surface area contributed by atoms with Crippen molar-refractivity contribution in [2.24, 2.45) is 0 Å². The number of hydrazine groups is 1. The van der Waals surface area contributed by atoms with Crippen LogP contribution in [0.1, 0.15) is 42.3 Å². The molecular weight excluding hydrogens is 254 g/mol. The molecule has 0 heterocycles. The zero-order valence-corrected chi connectivity index (χ0v) is 12.5. The number of carbonyl (C=O) groups excluding carboxylic acids is 2. The maximum absolute atomic E-state index is 12.5. The van der Waals surface area contributed by atoms with Crippen molar-refractivity contribution in [3.05, 3.63) is 34.9 Å². The molecule has 5 heteroatoms. The Kier molecular flexibility index (Phi) is 4.51. The molecule has 106 valence electrons. The van der Waals surface area contributed by atoms with E-state index in [0.717, 1.165) is 21.1 Å². The zero-order chi connectivity index (χ0) is 15.5. The number of aryl methyl sites for hydroxylation is 1. The van der Waals surface area contributed by atoms with Crippen LogP contribution < -0.4 is 0 Å². The third kappa shape index (κ3) is 2.97. The van der Waals surface area contributed by atoms with Gasteiger partial charge in [-0.25, -0.2) is 5.01 Å². The Morgan fingerprint density at radius 2 is 1.90 bits per heavy atom. The molecule has 0 bridgehead atoms. The van der Waals surface area contributed by atoms with E-state index in [9.17, 15) is 14.9 Å². The monoisotopic (exact) mass is 273 g/mol. The molecule has 0 N–H and O–H groups in total. The summed E-state index contributed by atoms with van der Waals surface area (Å²) in [5, 5.41) is 11.1. The Morgan fingerprint density at radius 1 is 1.30 bits per heavy atom. The van der Waals surface area contributed by atoms with Gasteiger partial charge < -0.3 is 0 Å². The number of hydrogen-bond donors (Lipinski definition) is 0. The quantitative estimate of drug-likeness (QED) is 0.367. The highest BCUT2D eigenvalue weighted by Crippen LogP contribution is 2.19. The van der Waals surface area contributed by atoms with Crippen LogP contribution in [0.4, 0.5) is 0 Å². The lowest BCUT2D eigenvalue weighted by Crippen LogP contribution is -2.52. The van der Waals surface area contributed by atoms with Crippen LogP contribution in [0.15, 0.2) is 18.2 Å². The van der Waals surface area contributed by atoms with E-state index in [4.69, 9.17) is 0 Å². The van der Waals surface area contributed by atoms with Crippen molar-refractivity contribution in [3.63, 3.8) is 0 Å². The van der Waals surface area contributed by atoms with Crippen molar-refractivity contribution in [1.82, 2.24) is 10.0 Å². The summed E-state index contributed by atoms with van der Waals surface area (Å²) in [5.74, 6) is -0.504. The molecule has 0 aliphatic rings. The number of carbonyl (C=O) groups is 2. The van der Waals surface area contributed by atoms with E-state index in [0.29, 0.717) is 12.0 Å². The number of rotatable bonds is 3. The molecule has 1 aromatic rings. The first-order valence-corrected chi connectivity index (χ1v) is 6.29. The van der Waals surface area contributed by atoms with Gasteiger partial charge in [0.1, 0.15) is 0 Å². The molecule has 0 unspecified atom stereocenters. The van der Waals surface area contributed by atoms with Gasteiger partial charge in [-0.15, -0.1) is 5.01 Å². The highest BCUT2D eigenvalue weighted by atomic mass is 16.2. The summed E-state index contributed by atoms with van der Waals surface area (Å²) >= 11 is 0. The van der Waals surface area contributed by atoms with E-state index in [-0.39, 0.29) is 0 Å². The van der Waals surface area contributed by atoms with Crippen molar-refractivity contribution in [1.29, 1.82) is 5.26 Å². The summed E-state index contributed by atoms with van der Waals surface area (Å²) < 4.78 is 0. The fourth-order valence-electron chi connectivity index (χ4n) is 1.79. The molecule has 0 radical (unpaired) electrons. The normalized spacial score (nSPS) is 10.6. The van der Waals surface area contributed by atoms with Crippen molar-refractivity contribution in [3.8, 4) is 6.19 Å². The molecule has 0 aromatic heterocycles. The number of nitriles is 1. The molecule has 0 aliphatic carbocycles. The van der Waals surface area contributed by atoms with Gasteiger partial charge in [0.25, 0.3) is 5.91 Å². The topological polar surface area (TPSA) is 64.4 Å². The van der Waals surface area contributed by atoms with Gasteiger partial charge in [-0.1, -0.05) is 12.1 Å². The maximum atomic E-state index is 12.5. The van der Waals surface area contributed by atoms with Crippen molar-refractivity contribution in [2.45, 2.75) is 40.2 Å². The van der Waals surface area contributed by atoms with Gasteiger partial charge in [0.15, 0.2) is 0 Å². The van der Waals surface area contributed by atoms with Crippen LogP contribution in [-0.4, -0.2) is 27.9 Å². The van der Waals surface area contributed by atoms with Gasteiger partial charge in [-0.3, -0.25) is 9.59 Å². The predicted molar refractivity (Wildman–Crippen MR) is 75.4 cm³/mol. The van der Waals surface area contributed by atoms with Crippen molar-refractivity contribution < 1.29 is 9.59 Å². The van der Waals surface area contributed by atoms with Gasteiger partial charge in [0.05, 0.1) is 5.54 Å². The lowest BCUT2D eigenvalue weighted by Gasteiger charge is -2.36. The van der Waals surface area contributed by atoms with Gasteiger partial charge in [-0.05, 0) is 51.8 Å². The second kappa shape index (κ2) is 5.74. The fourth-order valence-corrected chi connectivity index (χ4v) is 1.79. The van der Waals surface area contributed by atoms with Crippen LogP contribution in [0.3, 0.4) is 0 Å². The van der Waals surface area contributed by atoms with Crippen molar-refractivity contribution >= 4 is 12.3 Å². The minimum Gasteiger partial charge on any atom is -0.277 e. The van der Waals surface area contributed by atoms with E-state index in [1.54, 1.807) is 39.1 Å². The molecular formula is C15H19N3O2. The van der Waals surface area contributed by atoms with Crippen LogP contribution >= 0.6 is 0 Å². The Morgan fingerprint density at radius 3 is 2.35 bits per heavy atom. The number of benzene rings is 1. The molecule has 0 fully saturated rings. The first-order valence-electron chi connectivity index (χ1n) is 6.29. The van der Waals surface area contributed by atoms with Gasteiger partial charge in [0, 0.05) is 5.56 Å². The van der Waals surface area contributed by atoms with Crippen molar-refractivity contribution in [2.75, 3.05) is 0 Å².